The number of aliphatic hydroxyl groups is 1. The predicted octanol–water partition coefficient (Wildman–Crippen LogP) is 5.81. The molecule has 3 heteroatoms. The maximum atomic E-state index is 10.5. The Morgan fingerprint density at radius 1 is 0.900 bits per heavy atom. The van der Waals surface area contributed by atoms with Crippen LogP contribution in [0.4, 0.5) is 0 Å². The highest BCUT2D eigenvalue weighted by Crippen LogP contribution is 2.29. The first kappa shape index (κ1) is 15.7. The highest BCUT2D eigenvalue weighted by atomic mass is 79.9. The molecule has 1 N–H and O–H groups in total. The number of rotatable bonds is 4. The summed E-state index contributed by atoms with van der Waals surface area (Å²) in [6.07, 6.45) is 0.523. The maximum absolute atomic E-state index is 10.5. The second-order valence-electron chi connectivity index (χ2n) is 5.08. The normalized spacial score (nSPS) is 14.1. The first-order chi connectivity index (χ1) is 9.51. The number of hydrogen-bond acceptors (Lipinski definition) is 1. The SMILES string of the molecule is CCC(C)c1ccc(C(O)c2cc(Br)cc(Br)c2)cc1. The Labute approximate surface area is 137 Å². The van der Waals surface area contributed by atoms with Crippen LogP contribution in [0, 0.1) is 0 Å². The van der Waals surface area contributed by atoms with Crippen molar-refractivity contribution in [3.63, 3.8) is 0 Å². The van der Waals surface area contributed by atoms with Gasteiger partial charge in [0.05, 0.1) is 0 Å². The summed E-state index contributed by atoms with van der Waals surface area (Å²) in [6, 6.07) is 14.1. The van der Waals surface area contributed by atoms with Crippen LogP contribution < -0.4 is 0 Å². The average Bonchev–Trinajstić information content (AvgIpc) is 2.45. The van der Waals surface area contributed by atoms with Crippen molar-refractivity contribution in [1.29, 1.82) is 0 Å². The Morgan fingerprint density at radius 2 is 1.40 bits per heavy atom. The minimum Gasteiger partial charge on any atom is -0.384 e. The Kier molecular flexibility index (Phi) is 5.42. The van der Waals surface area contributed by atoms with Gasteiger partial charge in [0.2, 0.25) is 0 Å². The lowest BCUT2D eigenvalue weighted by atomic mass is 9.95. The molecule has 0 saturated heterocycles. The molecule has 0 heterocycles. The minimum atomic E-state index is -0.602. The second-order valence-corrected chi connectivity index (χ2v) is 6.91. The fraction of sp³-hybridized carbons (Fsp3) is 0.294. The van der Waals surface area contributed by atoms with E-state index in [1.807, 2.05) is 30.3 Å². The van der Waals surface area contributed by atoms with Gasteiger partial charge in [-0.2, -0.15) is 0 Å². The van der Waals surface area contributed by atoms with Gasteiger partial charge in [-0.1, -0.05) is 70.0 Å². The van der Waals surface area contributed by atoms with E-state index in [0.717, 1.165) is 26.5 Å². The number of hydrogen-bond donors (Lipinski definition) is 1. The van der Waals surface area contributed by atoms with Crippen LogP contribution in [-0.2, 0) is 0 Å². The van der Waals surface area contributed by atoms with E-state index >= 15 is 0 Å². The van der Waals surface area contributed by atoms with Crippen molar-refractivity contribution >= 4 is 31.9 Å². The second kappa shape index (κ2) is 6.88. The standard InChI is InChI=1S/C17H18Br2O/c1-3-11(2)12-4-6-13(7-5-12)17(20)14-8-15(18)10-16(19)9-14/h4-11,17,20H,3H2,1-2H3. The molecule has 0 aliphatic carbocycles. The minimum absolute atomic E-state index is 0.557. The number of aliphatic hydroxyl groups excluding tert-OH is 1. The zero-order valence-corrected chi connectivity index (χ0v) is 14.8. The van der Waals surface area contributed by atoms with Crippen LogP contribution >= 0.6 is 31.9 Å². The molecule has 106 valence electrons. The van der Waals surface area contributed by atoms with Gasteiger partial charge in [-0.15, -0.1) is 0 Å². The van der Waals surface area contributed by atoms with Crippen LogP contribution in [0.5, 0.6) is 0 Å². The van der Waals surface area contributed by atoms with Crippen LogP contribution in [-0.4, -0.2) is 5.11 Å². The van der Waals surface area contributed by atoms with E-state index in [-0.39, 0.29) is 0 Å². The molecule has 2 atom stereocenters. The predicted molar refractivity (Wildman–Crippen MR) is 91.1 cm³/mol. The average molecular weight is 398 g/mol. The molecule has 0 bridgehead atoms. The molecular weight excluding hydrogens is 380 g/mol. The third kappa shape index (κ3) is 3.72. The van der Waals surface area contributed by atoms with Crippen LogP contribution in [0.2, 0.25) is 0 Å². The summed E-state index contributed by atoms with van der Waals surface area (Å²) < 4.78 is 1.91. The van der Waals surface area contributed by atoms with Crippen LogP contribution in [0.1, 0.15) is 49.0 Å². The van der Waals surface area contributed by atoms with E-state index in [9.17, 15) is 5.11 Å². The van der Waals surface area contributed by atoms with Gasteiger partial charge in [0.15, 0.2) is 0 Å². The quantitative estimate of drug-likeness (QED) is 0.690. The molecule has 0 saturated carbocycles. The molecule has 0 aliphatic rings. The fourth-order valence-electron chi connectivity index (χ4n) is 2.17. The van der Waals surface area contributed by atoms with Crippen molar-refractivity contribution in [2.45, 2.75) is 32.3 Å². The van der Waals surface area contributed by atoms with Crippen molar-refractivity contribution in [3.05, 3.63) is 68.1 Å². The maximum Gasteiger partial charge on any atom is 0.104 e. The summed E-state index contributed by atoms with van der Waals surface area (Å²) in [5, 5.41) is 10.5. The number of benzene rings is 2. The molecule has 0 amide bonds. The summed E-state index contributed by atoms with van der Waals surface area (Å²) in [7, 11) is 0. The zero-order chi connectivity index (χ0) is 14.7. The van der Waals surface area contributed by atoms with Gasteiger partial charge in [0.25, 0.3) is 0 Å². The van der Waals surface area contributed by atoms with Crippen molar-refractivity contribution in [2.75, 3.05) is 0 Å². The monoisotopic (exact) mass is 396 g/mol. The van der Waals surface area contributed by atoms with E-state index in [4.69, 9.17) is 0 Å². The largest absolute Gasteiger partial charge is 0.384 e. The number of halogens is 2. The van der Waals surface area contributed by atoms with E-state index in [0.29, 0.717) is 5.92 Å². The molecule has 0 aromatic heterocycles. The molecule has 0 fully saturated rings. The molecule has 2 aromatic carbocycles. The van der Waals surface area contributed by atoms with Gasteiger partial charge >= 0.3 is 0 Å². The smallest absolute Gasteiger partial charge is 0.104 e. The van der Waals surface area contributed by atoms with Crippen LogP contribution in [0.25, 0.3) is 0 Å². The summed E-state index contributed by atoms with van der Waals surface area (Å²) in [5.41, 5.74) is 3.11. The lowest BCUT2D eigenvalue weighted by Gasteiger charge is -2.15. The Balaban J connectivity index is 2.26. The van der Waals surface area contributed by atoms with Crippen molar-refractivity contribution in [3.8, 4) is 0 Å². The lowest BCUT2D eigenvalue weighted by molar-refractivity contribution is 0.220. The lowest BCUT2D eigenvalue weighted by Crippen LogP contribution is -2.00. The van der Waals surface area contributed by atoms with Gasteiger partial charge in [-0.25, -0.2) is 0 Å². The highest BCUT2D eigenvalue weighted by molar-refractivity contribution is 9.11. The van der Waals surface area contributed by atoms with Crippen LogP contribution in [0.3, 0.4) is 0 Å². The van der Waals surface area contributed by atoms with Crippen LogP contribution in [0.15, 0.2) is 51.4 Å². The van der Waals surface area contributed by atoms with Gasteiger partial charge in [0.1, 0.15) is 6.10 Å². The highest BCUT2D eigenvalue weighted by Gasteiger charge is 2.12. The first-order valence-corrected chi connectivity index (χ1v) is 8.33. The van der Waals surface area contributed by atoms with Gasteiger partial charge in [-0.05, 0) is 47.2 Å². The molecule has 0 aliphatic heterocycles. The van der Waals surface area contributed by atoms with E-state index in [2.05, 4.69) is 57.8 Å². The topological polar surface area (TPSA) is 20.2 Å². The van der Waals surface area contributed by atoms with E-state index < -0.39 is 6.10 Å². The molecule has 0 spiro atoms. The Morgan fingerprint density at radius 3 is 1.90 bits per heavy atom. The Hall–Kier alpha value is -0.640. The summed E-state index contributed by atoms with van der Waals surface area (Å²) >= 11 is 6.91. The van der Waals surface area contributed by atoms with Gasteiger partial charge < -0.3 is 5.11 Å². The van der Waals surface area contributed by atoms with Crippen molar-refractivity contribution in [2.24, 2.45) is 0 Å². The van der Waals surface area contributed by atoms with E-state index in [1.54, 1.807) is 0 Å². The molecular formula is C17H18Br2O. The van der Waals surface area contributed by atoms with Crippen molar-refractivity contribution in [1.82, 2.24) is 0 Å². The first-order valence-electron chi connectivity index (χ1n) is 6.75. The molecule has 2 rings (SSSR count). The summed E-state index contributed by atoms with van der Waals surface area (Å²) in [5.74, 6) is 0.557. The zero-order valence-electron chi connectivity index (χ0n) is 11.6. The summed E-state index contributed by atoms with van der Waals surface area (Å²) in [6.45, 7) is 4.41. The van der Waals surface area contributed by atoms with Gasteiger partial charge in [0, 0.05) is 8.95 Å². The molecule has 2 unspecified atom stereocenters. The fourth-order valence-corrected chi connectivity index (χ4v) is 3.50. The molecule has 0 radical (unpaired) electrons. The third-order valence-electron chi connectivity index (χ3n) is 3.63. The molecule has 2 aromatic rings. The molecule has 1 nitrogen and oxygen atoms in total. The summed E-state index contributed by atoms with van der Waals surface area (Å²) in [4.78, 5) is 0. The van der Waals surface area contributed by atoms with E-state index in [1.165, 1.54) is 5.56 Å². The molecule has 20 heavy (non-hydrogen) atoms. The third-order valence-corrected chi connectivity index (χ3v) is 4.55. The Bertz CT molecular complexity index is 558. The van der Waals surface area contributed by atoms with Crippen molar-refractivity contribution < 1.29 is 5.11 Å². The van der Waals surface area contributed by atoms with Gasteiger partial charge in [-0.3, -0.25) is 0 Å².